The molecule has 2 fully saturated rings. The number of furan rings is 1. The highest BCUT2D eigenvalue weighted by Crippen LogP contribution is 2.22. The lowest BCUT2D eigenvalue weighted by molar-refractivity contribution is 0.0723. The monoisotopic (exact) mass is 292 g/mol. The van der Waals surface area contributed by atoms with Gasteiger partial charge in [0.25, 0.3) is 0 Å². The zero-order valence-corrected chi connectivity index (χ0v) is 13.4. The first-order valence-electron chi connectivity index (χ1n) is 8.40. The Hall–Kier alpha value is -0.840. The smallest absolute Gasteiger partial charge is 0.118 e. The Kier molecular flexibility index (Phi) is 4.99. The van der Waals surface area contributed by atoms with Crippen LogP contribution in [0.15, 0.2) is 10.5 Å². The van der Waals surface area contributed by atoms with Crippen LogP contribution in [-0.4, -0.2) is 36.7 Å². The van der Waals surface area contributed by atoms with Crippen molar-refractivity contribution < 1.29 is 9.15 Å². The highest BCUT2D eigenvalue weighted by Gasteiger charge is 2.22. The molecule has 0 spiro atoms. The Labute approximate surface area is 127 Å². The normalized spacial score (nSPS) is 22.3. The fourth-order valence-electron chi connectivity index (χ4n) is 2.99. The topological polar surface area (TPSA) is 37.6 Å². The summed E-state index contributed by atoms with van der Waals surface area (Å²) in [4.78, 5) is 2.46. The Balaban J connectivity index is 1.53. The number of aryl methyl sites for hydroxylation is 1. The fourth-order valence-corrected chi connectivity index (χ4v) is 2.99. The quantitative estimate of drug-likeness (QED) is 0.799. The van der Waals surface area contributed by atoms with Gasteiger partial charge in [0.05, 0.1) is 12.6 Å². The van der Waals surface area contributed by atoms with Crippen LogP contribution in [0.4, 0.5) is 0 Å². The molecule has 2 heterocycles. The number of ether oxygens (including phenoxy) is 1. The minimum atomic E-state index is 0.424. The van der Waals surface area contributed by atoms with Gasteiger partial charge in [-0.15, -0.1) is 0 Å². The van der Waals surface area contributed by atoms with Crippen LogP contribution in [0, 0.1) is 6.92 Å². The van der Waals surface area contributed by atoms with Crippen molar-refractivity contribution in [2.45, 2.75) is 64.8 Å². The molecule has 0 radical (unpaired) electrons. The molecule has 1 atom stereocenters. The predicted molar refractivity (Wildman–Crippen MR) is 83.2 cm³/mol. The summed E-state index contributed by atoms with van der Waals surface area (Å²) in [6, 6.07) is 2.95. The Morgan fingerprint density at radius 1 is 1.33 bits per heavy atom. The maximum absolute atomic E-state index is 5.89. The van der Waals surface area contributed by atoms with Crippen molar-refractivity contribution in [3.8, 4) is 0 Å². The average Bonchev–Trinajstić information content (AvgIpc) is 3.05. The molecule has 0 amide bonds. The van der Waals surface area contributed by atoms with Gasteiger partial charge in [0.1, 0.15) is 11.5 Å². The highest BCUT2D eigenvalue weighted by molar-refractivity contribution is 5.21. The van der Waals surface area contributed by atoms with Crippen molar-refractivity contribution in [3.63, 3.8) is 0 Å². The summed E-state index contributed by atoms with van der Waals surface area (Å²) in [7, 11) is 0. The molecule has 1 aromatic heterocycles. The Morgan fingerprint density at radius 3 is 2.86 bits per heavy atom. The van der Waals surface area contributed by atoms with Crippen LogP contribution in [0.3, 0.4) is 0 Å². The van der Waals surface area contributed by atoms with Gasteiger partial charge < -0.3 is 14.5 Å². The highest BCUT2D eigenvalue weighted by atomic mass is 16.5. The van der Waals surface area contributed by atoms with E-state index in [1.807, 2.05) is 0 Å². The minimum Gasteiger partial charge on any atom is -0.465 e. The maximum Gasteiger partial charge on any atom is 0.118 e. The van der Waals surface area contributed by atoms with Gasteiger partial charge in [0, 0.05) is 31.3 Å². The van der Waals surface area contributed by atoms with E-state index in [-0.39, 0.29) is 0 Å². The molecule has 2 aliphatic rings. The molecule has 4 nitrogen and oxygen atoms in total. The summed E-state index contributed by atoms with van der Waals surface area (Å²) in [5.41, 5.74) is 1.32. The second kappa shape index (κ2) is 6.95. The maximum atomic E-state index is 5.89. The SMILES string of the molecule is CCN(Cc1cc(CNC2CC2)oc1C)CC1CCCO1. The van der Waals surface area contributed by atoms with Gasteiger partial charge in [-0.25, -0.2) is 0 Å². The molecule has 118 valence electrons. The number of hydrogen-bond acceptors (Lipinski definition) is 4. The predicted octanol–water partition coefficient (Wildman–Crippen LogP) is 2.84. The van der Waals surface area contributed by atoms with Gasteiger partial charge in [0.15, 0.2) is 0 Å². The average molecular weight is 292 g/mol. The number of nitrogens with one attached hydrogen (secondary N) is 1. The van der Waals surface area contributed by atoms with E-state index in [0.29, 0.717) is 6.10 Å². The lowest BCUT2D eigenvalue weighted by atomic mass is 10.2. The van der Waals surface area contributed by atoms with E-state index in [9.17, 15) is 0 Å². The van der Waals surface area contributed by atoms with Crippen LogP contribution in [0.2, 0.25) is 0 Å². The summed E-state index contributed by atoms with van der Waals surface area (Å²) < 4.78 is 11.6. The standard InChI is InChI=1S/C17H28N2O2/c1-3-19(12-16-5-4-8-20-16)11-14-9-17(21-13(14)2)10-18-15-6-7-15/h9,15-16,18H,3-8,10-12H2,1-2H3. The van der Waals surface area contributed by atoms with E-state index in [0.717, 1.165) is 50.3 Å². The third-order valence-electron chi connectivity index (χ3n) is 4.54. The Morgan fingerprint density at radius 2 is 2.19 bits per heavy atom. The molecule has 1 saturated carbocycles. The first kappa shape index (κ1) is 15.1. The van der Waals surface area contributed by atoms with Crippen molar-refractivity contribution >= 4 is 0 Å². The van der Waals surface area contributed by atoms with Crippen molar-refractivity contribution in [1.29, 1.82) is 0 Å². The van der Waals surface area contributed by atoms with E-state index in [4.69, 9.17) is 9.15 Å². The third-order valence-corrected chi connectivity index (χ3v) is 4.54. The molecule has 1 N–H and O–H groups in total. The van der Waals surface area contributed by atoms with Crippen molar-refractivity contribution in [1.82, 2.24) is 10.2 Å². The van der Waals surface area contributed by atoms with E-state index in [2.05, 4.69) is 30.1 Å². The Bertz CT molecular complexity index is 448. The van der Waals surface area contributed by atoms with Crippen LogP contribution in [0.1, 0.15) is 49.7 Å². The molecule has 1 aliphatic carbocycles. The molecule has 1 aromatic rings. The summed E-state index contributed by atoms with van der Waals surface area (Å²) in [6.07, 6.45) is 5.48. The van der Waals surface area contributed by atoms with Crippen LogP contribution in [0.25, 0.3) is 0 Å². The van der Waals surface area contributed by atoms with Gasteiger partial charge in [0.2, 0.25) is 0 Å². The molecular formula is C17H28N2O2. The largest absolute Gasteiger partial charge is 0.465 e. The first-order valence-corrected chi connectivity index (χ1v) is 8.40. The van der Waals surface area contributed by atoms with E-state index >= 15 is 0 Å². The molecule has 21 heavy (non-hydrogen) atoms. The van der Waals surface area contributed by atoms with Crippen molar-refractivity contribution in [2.24, 2.45) is 0 Å². The summed E-state index contributed by atoms with van der Waals surface area (Å²) >= 11 is 0. The van der Waals surface area contributed by atoms with Crippen LogP contribution < -0.4 is 5.32 Å². The van der Waals surface area contributed by atoms with Crippen molar-refractivity contribution in [2.75, 3.05) is 19.7 Å². The fraction of sp³-hybridized carbons (Fsp3) is 0.765. The van der Waals surface area contributed by atoms with Crippen LogP contribution in [-0.2, 0) is 17.8 Å². The molecule has 1 unspecified atom stereocenters. The van der Waals surface area contributed by atoms with Gasteiger partial charge in [-0.1, -0.05) is 6.92 Å². The molecule has 1 aliphatic heterocycles. The second-order valence-electron chi connectivity index (χ2n) is 6.41. The van der Waals surface area contributed by atoms with Gasteiger partial charge in [-0.2, -0.15) is 0 Å². The third kappa shape index (κ3) is 4.31. The second-order valence-corrected chi connectivity index (χ2v) is 6.41. The van der Waals surface area contributed by atoms with E-state index in [1.54, 1.807) is 0 Å². The number of hydrogen-bond donors (Lipinski definition) is 1. The van der Waals surface area contributed by atoms with Crippen LogP contribution >= 0.6 is 0 Å². The lowest BCUT2D eigenvalue weighted by Gasteiger charge is -2.23. The zero-order valence-electron chi connectivity index (χ0n) is 13.4. The summed E-state index contributed by atoms with van der Waals surface area (Å²) in [6.45, 7) is 9.16. The minimum absolute atomic E-state index is 0.424. The van der Waals surface area contributed by atoms with E-state index in [1.165, 1.54) is 31.2 Å². The van der Waals surface area contributed by atoms with Gasteiger partial charge in [-0.05, 0) is 45.2 Å². The summed E-state index contributed by atoms with van der Waals surface area (Å²) in [5.74, 6) is 2.14. The van der Waals surface area contributed by atoms with Crippen LogP contribution in [0.5, 0.6) is 0 Å². The lowest BCUT2D eigenvalue weighted by Crippen LogP contribution is -2.31. The van der Waals surface area contributed by atoms with Crippen molar-refractivity contribution in [3.05, 3.63) is 23.2 Å². The number of rotatable bonds is 8. The van der Waals surface area contributed by atoms with E-state index < -0.39 is 0 Å². The molecular weight excluding hydrogens is 264 g/mol. The number of nitrogens with zero attached hydrogens (tertiary/aromatic N) is 1. The van der Waals surface area contributed by atoms with Gasteiger partial charge >= 0.3 is 0 Å². The molecule has 4 heteroatoms. The molecule has 0 bridgehead atoms. The molecule has 1 saturated heterocycles. The molecule has 3 rings (SSSR count). The van der Waals surface area contributed by atoms with Gasteiger partial charge in [-0.3, -0.25) is 4.90 Å². The first-order chi connectivity index (χ1) is 10.2. The zero-order chi connectivity index (χ0) is 14.7. The molecule has 0 aromatic carbocycles. The summed E-state index contributed by atoms with van der Waals surface area (Å²) in [5, 5.41) is 3.51. The number of likely N-dealkylation sites (N-methyl/N-ethyl adjacent to an activating group) is 1.